The van der Waals surface area contributed by atoms with Crippen molar-refractivity contribution in [1.29, 1.82) is 0 Å². The maximum Gasteiger partial charge on any atom is 0.344 e. The lowest BCUT2D eigenvalue weighted by Gasteiger charge is -2.13. The van der Waals surface area contributed by atoms with E-state index in [9.17, 15) is 9.59 Å². The molecule has 3 rings (SSSR count). The van der Waals surface area contributed by atoms with Crippen molar-refractivity contribution in [3.63, 3.8) is 0 Å². The number of aliphatic imine (C=N–C) groups is 1. The molecule has 1 saturated heterocycles. The second-order valence-corrected chi connectivity index (χ2v) is 8.87. The molecule has 1 heterocycles. The number of methoxy groups -OCH3 is 2. The summed E-state index contributed by atoms with van der Waals surface area (Å²) in [5.74, 6) is 1.03. The standard InChI is InChI=1S/C23H23IN2O6S/c1-5-31-20(27)13-32-21-17(24)10-14(11-18(21)30-4)12-19-22(28)26(2)23(33-19)25-15-6-8-16(29-3)9-7-15/h6-12H,5,13H2,1-4H3/b19-12-,25-23?. The van der Waals surface area contributed by atoms with E-state index in [1.807, 2.05) is 30.3 Å². The molecule has 1 aliphatic rings. The smallest absolute Gasteiger partial charge is 0.344 e. The number of nitrogens with zero attached hydrogens (tertiary/aromatic N) is 2. The molecular formula is C23H23IN2O6S. The van der Waals surface area contributed by atoms with Crippen molar-refractivity contribution < 1.29 is 28.5 Å². The molecule has 0 bridgehead atoms. The highest BCUT2D eigenvalue weighted by molar-refractivity contribution is 14.1. The lowest BCUT2D eigenvalue weighted by Crippen LogP contribution is -2.23. The van der Waals surface area contributed by atoms with Gasteiger partial charge in [0, 0.05) is 7.05 Å². The summed E-state index contributed by atoms with van der Waals surface area (Å²) in [6.07, 6.45) is 1.78. The van der Waals surface area contributed by atoms with Crippen LogP contribution in [0.5, 0.6) is 17.2 Å². The van der Waals surface area contributed by atoms with Gasteiger partial charge in [0.2, 0.25) is 0 Å². The number of benzene rings is 2. The van der Waals surface area contributed by atoms with Crippen LogP contribution >= 0.6 is 34.4 Å². The predicted octanol–water partition coefficient (Wildman–Crippen LogP) is 4.48. The van der Waals surface area contributed by atoms with Crippen LogP contribution in [0.1, 0.15) is 12.5 Å². The van der Waals surface area contributed by atoms with E-state index in [0.29, 0.717) is 21.6 Å². The largest absolute Gasteiger partial charge is 0.497 e. The van der Waals surface area contributed by atoms with Gasteiger partial charge in [0.15, 0.2) is 23.3 Å². The van der Waals surface area contributed by atoms with Crippen LogP contribution in [0.3, 0.4) is 0 Å². The molecule has 8 nitrogen and oxygen atoms in total. The Morgan fingerprint density at radius 1 is 1.18 bits per heavy atom. The van der Waals surface area contributed by atoms with Crippen molar-refractivity contribution in [1.82, 2.24) is 4.90 Å². The Hall–Kier alpha value is -2.73. The number of esters is 1. The predicted molar refractivity (Wildman–Crippen MR) is 136 cm³/mol. The van der Waals surface area contributed by atoms with Gasteiger partial charge in [0.05, 0.1) is 35.0 Å². The third-order valence-corrected chi connectivity index (χ3v) is 6.35. The fourth-order valence-electron chi connectivity index (χ4n) is 2.87. The first kappa shape index (κ1) is 24.9. The first-order valence-electron chi connectivity index (χ1n) is 9.92. The fourth-order valence-corrected chi connectivity index (χ4v) is 4.64. The number of carbonyl (C=O) groups excluding carboxylic acids is 2. The third-order valence-electron chi connectivity index (χ3n) is 4.49. The van der Waals surface area contributed by atoms with E-state index in [1.54, 1.807) is 33.2 Å². The van der Waals surface area contributed by atoms with Gasteiger partial charge in [-0.25, -0.2) is 9.79 Å². The van der Waals surface area contributed by atoms with Crippen molar-refractivity contribution in [3.05, 3.63) is 50.4 Å². The highest BCUT2D eigenvalue weighted by atomic mass is 127. The van der Waals surface area contributed by atoms with Crippen molar-refractivity contribution >= 4 is 63.2 Å². The molecule has 2 aromatic rings. The van der Waals surface area contributed by atoms with E-state index in [1.165, 1.54) is 23.8 Å². The number of amides is 1. The molecule has 0 N–H and O–H groups in total. The van der Waals surface area contributed by atoms with Crippen molar-refractivity contribution in [2.75, 3.05) is 34.5 Å². The number of carbonyl (C=O) groups is 2. The number of rotatable bonds is 8. The second kappa shape index (κ2) is 11.4. The summed E-state index contributed by atoms with van der Waals surface area (Å²) in [6, 6.07) is 10.9. The summed E-state index contributed by atoms with van der Waals surface area (Å²) in [5, 5.41) is 0.576. The topological polar surface area (TPSA) is 86.7 Å². The monoisotopic (exact) mass is 582 g/mol. The van der Waals surface area contributed by atoms with E-state index < -0.39 is 5.97 Å². The summed E-state index contributed by atoms with van der Waals surface area (Å²) in [7, 11) is 4.81. The van der Waals surface area contributed by atoms with E-state index in [-0.39, 0.29) is 19.1 Å². The Morgan fingerprint density at radius 3 is 2.55 bits per heavy atom. The van der Waals surface area contributed by atoms with E-state index in [2.05, 4.69) is 27.6 Å². The molecule has 0 atom stereocenters. The number of hydrogen-bond acceptors (Lipinski definition) is 8. The Balaban J connectivity index is 1.83. The lowest BCUT2D eigenvalue weighted by molar-refractivity contribution is -0.145. The van der Waals surface area contributed by atoms with Crippen LogP contribution in [-0.2, 0) is 14.3 Å². The molecule has 0 aliphatic carbocycles. The zero-order chi connectivity index (χ0) is 24.0. The summed E-state index contributed by atoms with van der Waals surface area (Å²) in [5.41, 5.74) is 1.48. The fraction of sp³-hybridized carbons (Fsp3) is 0.261. The summed E-state index contributed by atoms with van der Waals surface area (Å²) >= 11 is 3.39. The van der Waals surface area contributed by atoms with Crippen molar-refractivity contribution in [3.8, 4) is 17.2 Å². The van der Waals surface area contributed by atoms with Crippen LogP contribution in [0.2, 0.25) is 0 Å². The molecule has 0 radical (unpaired) electrons. The van der Waals surface area contributed by atoms with Gasteiger partial charge in [-0.3, -0.25) is 9.69 Å². The van der Waals surface area contributed by atoms with Gasteiger partial charge >= 0.3 is 5.97 Å². The molecule has 1 aliphatic heterocycles. The maximum atomic E-state index is 12.8. The molecule has 10 heteroatoms. The summed E-state index contributed by atoms with van der Waals surface area (Å²) in [6.45, 7) is 1.80. The normalized spacial score (nSPS) is 15.8. The van der Waals surface area contributed by atoms with Crippen LogP contribution < -0.4 is 14.2 Å². The van der Waals surface area contributed by atoms with E-state index >= 15 is 0 Å². The van der Waals surface area contributed by atoms with Gasteiger partial charge in [-0.15, -0.1) is 0 Å². The molecule has 174 valence electrons. The number of likely N-dealkylation sites (N-methyl/N-ethyl adjacent to an activating group) is 1. The SMILES string of the molecule is CCOC(=O)COc1c(I)cc(/C=C2\SC(=Nc3ccc(OC)cc3)N(C)C2=O)cc1OC. The highest BCUT2D eigenvalue weighted by Crippen LogP contribution is 2.37. The van der Waals surface area contributed by atoms with Crippen molar-refractivity contribution in [2.45, 2.75) is 6.92 Å². The molecule has 33 heavy (non-hydrogen) atoms. The number of thioether (sulfide) groups is 1. The lowest BCUT2D eigenvalue weighted by atomic mass is 10.2. The maximum absolute atomic E-state index is 12.8. The first-order valence-corrected chi connectivity index (χ1v) is 11.8. The minimum absolute atomic E-state index is 0.149. The quantitative estimate of drug-likeness (QED) is 0.258. The number of halogens is 1. The molecule has 0 unspecified atom stereocenters. The van der Waals surface area contributed by atoms with Crippen LogP contribution in [0.15, 0.2) is 46.3 Å². The third kappa shape index (κ3) is 6.20. The Morgan fingerprint density at radius 2 is 1.91 bits per heavy atom. The van der Waals surface area contributed by atoms with Crippen LogP contribution in [0, 0.1) is 3.57 Å². The van der Waals surface area contributed by atoms with Gasteiger partial charge in [0.25, 0.3) is 5.91 Å². The summed E-state index contributed by atoms with van der Waals surface area (Å²) < 4.78 is 21.8. The van der Waals surface area contributed by atoms with Gasteiger partial charge in [0.1, 0.15) is 5.75 Å². The number of amidine groups is 1. The van der Waals surface area contributed by atoms with Crippen molar-refractivity contribution in [2.24, 2.45) is 4.99 Å². The molecule has 0 spiro atoms. The zero-order valence-corrected chi connectivity index (χ0v) is 21.6. The molecule has 0 saturated carbocycles. The van der Waals surface area contributed by atoms with Crippen LogP contribution in [0.4, 0.5) is 5.69 Å². The first-order chi connectivity index (χ1) is 15.9. The number of ether oxygens (including phenoxy) is 4. The van der Waals surface area contributed by atoms with Crippen LogP contribution in [-0.4, -0.2) is 56.4 Å². The second-order valence-electron chi connectivity index (χ2n) is 6.70. The molecule has 1 amide bonds. The Bertz CT molecular complexity index is 1100. The van der Waals surface area contributed by atoms with Gasteiger partial charge in [-0.2, -0.15) is 0 Å². The minimum atomic E-state index is -0.457. The molecule has 2 aromatic carbocycles. The minimum Gasteiger partial charge on any atom is -0.497 e. The zero-order valence-electron chi connectivity index (χ0n) is 18.6. The Kier molecular flexibility index (Phi) is 8.61. The van der Waals surface area contributed by atoms with E-state index in [4.69, 9.17) is 18.9 Å². The van der Waals surface area contributed by atoms with Crippen LogP contribution in [0.25, 0.3) is 6.08 Å². The van der Waals surface area contributed by atoms with E-state index in [0.717, 1.165) is 20.6 Å². The van der Waals surface area contributed by atoms with Gasteiger partial charge in [-0.1, -0.05) is 0 Å². The molecule has 0 aromatic heterocycles. The Labute approximate surface area is 210 Å². The molecule has 1 fully saturated rings. The van der Waals surface area contributed by atoms with Gasteiger partial charge in [-0.05, 0) is 89.3 Å². The van der Waals surface area contributed by atoms with Gasteiger partial charge < -0.3 is 18.9 Å². The summed E-state index contributed by atoms with van der Waals surface area (Å²) in [4.78, 5) is 31.0. The molecular weight excluding hydrogens is 559 g/mol. The average Bonchev–Trinajstić information content (AvgIpc) is 3.06. The average molecular weight is 582 g/mol. The number of hydrogen-bond donors (Lipinski definition) is 0. The highest BCUT2D eigenvalue weighted by Gasteiger charge is 2.30.